The summed E-state index contributed by atoms with van der Waals surface area (Å²) in [5.74, 6) is 0.667. The van der Waals surface area contributed by atoms with E-state index < -0.39 is 5.97 Å². The number of carbonyl (C=O) groups is 1. The van der Waals surface area contributed by atoms with Crippen molar-refractivity contribution in [1.82, 2.24) is 9.88 Å². The number of aromatic amines is 1. The fourth-order valence-electron chi connectivity index (χ4n) is 4.63. The van der Waals surface area contributed by atoms with Crippen molar-refractivity contribution in [3.63, 3.8) is 0 Å². The number of benzene rings is 2. The minimum Gasteiger partial charge on any atom is -0.496 e. The van der Waals surface area contributed by atoms with Crippen LogP contribution in [0.2, 0.25) is 0 Å². The first-order chi connectivity index (χ1) is 14.0. The van der Waals surface area contributed by atoms with Crippen molar-refractivity contribution in [3.8, 4) is 5.75 Å². The van der Waals surface area contributed by atoms with Crippen LogP contribution in [-0.2, 0) is 6.54 Å². The highest BCUT2D eigenvalue weighted by molar-refractivity contribution is 5.88. The van der Waals surface area contributed by atoms with Crippen LogP contribution >= 0.6 is 0 Å². The Morgan fingerprint density at radius 2 is 2.00 bits per heavy atom. The number of nitrogens with one attached hydrogen (secondary N) is 1. The molecule has 2 aromatic carbocycles. The van der Waals surface area contributed by atoms with Crippen LogP contribution in [0.15, 0.2) is 42.6 Å². The molecule has 1 fully saturated rings. The second-order valence-electron chi connectivity index (χ2n) is 8.20. The molecule has 2 heterocycles. The van der Waals surface area contributed by atoms with Gasteiger partial charge in [-0.1, -0.05) is 19.1 Å². The second kappa shape index (κ2) is 7.91. The lowest BCUT2D eigenvalue weighted by atomic mass is 9.89. The van der Waals surface area contributed by atoms with E-state index in [9.17, 15) is 9.90 Å². The molecular weight excluding hydrogens is 364 g/mol. The highest BCUT2D eigenvalue weighted by atomic mass is 16.5. The predicted octanol–water partition coefficient (Wildman–Crippen LogP) is 5.16. The predicted molar refractivity (Wildman–Crippen MR) is 115 cm³/mol. The average Bonchev–Trinajstić information content (AvgIpc) is 3.21. The zero-order valence-electron chi connectivity index (χ0n) is 17.2. The van der Waals surface area contributed by atoms with Crippen molar-refractivity contribution in [3.05, 3.63) is 64.8 Å². The molecule has 1 saturated heterocycles. The molecule has 2 atom stereocenters. The molecule has 2 N–H and O–H groups in total. The molecule has 0 aliphatic carbocycles. The molecule has 5 nitrogen and oxygen atoms in total. The van der Waals surface area contributed by atoms with Gasteiger partial charge in [0, 0.05) is 41.8 Å². The van der Waals surface area contributed by atoms with E-state index in [-0.39, 0.29) is 6.04 Å². The first kappa shape index (κ1) is 19.5. The van der Waals surface area contributed by atoms with Gasteiger partial charge in [0.2, 0.25) is 0 Å². The normalized spacial score (nSPS) is 20.1. The van der Waals surface area contributed by atoms with Crippen molar-refractivity contribution in [1.29, 1.82) is 0 Å². The van der Waals surface area contributed by atoms with E-state index >= 15 is 0 Å². The maximum absolute atomic E-state index is 11.2. The number of aryl methyl sites for hydroxylation is 1. The van der Waals surface area contributed by atoms with E-state index in [1.165, 1.54) is 28.5 Å². The number of H-pyrrole nitrogens is 1. The summed E-state index contributed by atoms with van der Waals surface area (Å²) >= 11 is 0. The average molecular weight is 392 g/mol. The van der Waals surface area contributed by atoms with Gasteiger partial charge in [0.05, 0.1) is 12.7 Å². The smallest absolute Gasteiger partial charge is 0.335 e. The van der Waals surface area contributed by atoms with Crippen molar-refractivity contribution < 1.29 is 14.6 Å². The Kier molecular flexibility index (Phi) is 5.33. The molecule has 0 saturated carbocycles. The minimum absolute atomic E-state index is 0.272. The third kappa shape index (κ3) is 3.75. The van der Waals surface area contributed by atoms with E-state index in [0.717, 1.165) is 30.8 Å². The molecular formula is C24H28N2O3. The van der Waals surface area contributed by atoms with Gasteiger partial charge in [-0.05, 0) is 61.1 Å². The number of likely N-dealkylation sites (tertiary alicyclic amines) is 1. The Labute approximate surface area is 171 Å². The topological polar surface area (TPSA) is 65.6 Å². The number of aromatic carboxylic acids is 1. The second-order valence-corrected chi connectivity index (χ2v) is 8.20. The number of methoxy groups -OCH3 is 1. The largest absolute Gasteiger partial charge is 0.496 e. The molecule has 0 bridgehead atoms. The van der Waals surface area contributed by atoms with Gasteiger partial charge in [-0.15, -0.1) is 0 Å². The monoisotopic (exact) mass is 392 g/mol. The Hall–Kier alpha value is -2.79. The number of aromatic nitrogens is 1. The minimum atomic E-state index is -0.884. The molecule has 4 rings (SSSR count). The number of ether oxygens (including phenoxy) is 1. The lowest BCUT2D eigenvalue weighted by Gasteiger charge is -2.39. The van der Waals surface area contributed by atoms with Crippen molar-refractivity contribution in [2.75, 3.05) is 13.7 Å². The van der Waals surface area contributed by atoms with Gasteiger partial charge in [-0.2, -0.15) is 0 Å². The van der Waals surface area contributed by atoms with Crippen LogP contribution in [0, 0.1) is 12.8 Å². The quantitative estimate of drug-likeness (QED) is 0.630. The Balaban J connectivity index is 1.70. The van der Waals surface area contributed by atoms with Crippen LogP contribution in [0.4, 0.5) is 0 Å². The van der Waals surface area contributed by atoms with Crippen LogP contribution in [0.25, 0.3) is 10.9 Å². The van der Waals surface area contributed by atoms with Gasteiger partial charge in [0.25, 0.3) is 0 Å². The Bertz CT molecular complexity index is 1020. The summed E-state index contributed by atoms with van der Waals surface area (Å²) in [6.07, 6.45) is 4.23. The maximum atomic E-state index is 11.2. The third-order valence-corrected chi connectivity index (χ3v) is 6.15. The number of nitrogens with zero attached hydrogens (tertiary/aromatic N) is 1. The van der Waals surface area contributed by atoms with E-state index in [4.69, 9.17) is 4.74 Å². The molecule has 0 spiro atoms. The number of fused-ring (bicyclic) bond motifs is 1. The van der Waals surface area contributed by atoms with Gasteiger partial charge in [-0.3, -0.25) is 4.90 Å². The number of piperidine rings is 1. The third-order valence-electron chi connectivity index (χ3n) is 6.15. The van der Waals surface area contributed by atoms with Crippen molar-refractivity contribution >= 4 is 16.9 Å². The standard InChI is InChI=1S/C24H28N2O3/c1-15-4-9-21(17-5-7-18(8-6-17)24(27)28)26(13-15)14-20-19-10-11-25-23(19)16(2)12-22(20)29-3/h5-8,10-12,15,21,25H,4,9,13-14H2,1-3H3,(H,27,28). The maximum Gasteiger partial charge on any atom is 0.335 e. The molecule has 1 aromatic heterocycles. The highest BCUT2D eigenvalue weighted by Gasteiger charge is 2.29. The Morgan fingerprint density at radius 1 is 1.24 bits per heavy atom. The number of carboxylic acids is 1. The Morgan fingerprint density at radius 3 is 2.69 bits per heavy atom. The van der Waals surface area contributed by atoms with Crippen LogP contribution < -0.4 is 4.74 Å². The van der Waals surface area contributed by atoms with E-state index in [1.54, 1.807) is 19.2 Å². The van der Waals surface area contributed by atoms with Crippen molar-refractivity contribution in [2.24, 2.45) is 5.92 Å². The molecule has 29 heavy (non-hydrogen) atoms. The van der Waals surface area contributed by atoms with Crippen LogP contribution in [-0.4, -0.2) is 34.6 Å². The fraction of sp³-hybridized carbons (Fsp3) is 0.375. The van der Waals surface area contributed by atoms with E-state index in [1.807, 2.05) is 18.3 Å². The van der Waals surface area contributed by atoms with Gasteiger partial charge in [0.15, 0.2) is 0 Å². The summed E-state index contributed by atoms with van der Waals surface area (Å²) in [4.78, 5) is 17.1. The number of carboxylic acid groups (broad SMARTS) is 1. The summed E-state index contributed by atoms with van der Waals surface area (Å²) in [5.41, 5.74) is 5.05. The molecule has 0 amide bonds. The SMILES string of the molecule is COc1cc(C)c2[nH]ccc2c1CN1CC(C)CCC1c1ccc(C(=O)O)cc1. The molecule has 1 aliphatic rings. The summed E-state index contributed by atoms with van der Waals surface area (Å²) < 4.78 is 5.75. The first-order valence-corrected chi connectivity index (χ1v) is 10.2. The van der Waals surface area contributed by atoms with Crippen LogP contribution in [0.3, 0.4) is 0 Å². The summed E-state index contributed by atoms with van der Waals surface area (Å²) in [6.45, 7) is 6.21. The molecule has 5 heteroatoms. The first-order valence-electron chi connectivity index (χ1n) is 10.2. The van der Waals surface area contributed by atoms with Gasteiger partial charge < -0.3 is 14.8 Å². The number of rotatable bonds is 5. The molecule has 3 aromatic rings. The zero-order chi connectivity index (χ0) is 20.5. The fourth-order valence-corrected chi connectivity index (χ4v) is 4.63. The number of hydrogen-bond acceptors (Lipinski definition) is 3. The summed E-state index contributed by atoms with van der Waals surface area (Å²) in [6, 6.07) is 11.9. The zero-order valence-corrected chi connectivity index (χ0v) is 17.2. The van der Waals surface area contributed by atoms with E-state index in [0.29, 0.717) is 11.5 Å². The summed E-state index contributed by atoms with van der Waals surface area (Å²) in [7, 11) is 1.73. The molecule has 1 aliphatic heterocycles. The molecule has 152 valence electrons. The lowest BCUT2D eigenvalue weighted by molar-refractivity contribution is 0.0696. The van der Waals surface area contributed by atoms with E-state index in [2.05, 4.69) is 35.9 Å². The number of hydrogen-bond donors (Lipinski definition) is 2. The van der Waals surface area contributed by atoms with Gasteiger partial charge >= 0.3 is 5.97 Å². The van der Waals surface area contributed by atoms with Crippen molar-refractivity contribution in [2.45, 2.75) is 39.3 Å². The van der Waals surface area contributed by atoms with Gasteiger partial charge in [-0.25, -0.2) is 4.79 Å². The van der Waals surface area contributed by atoms with Crippen LogP contribution in [0.5, 0.6) is 5.75 Å². The molecule has 0 radical (unpaired) electrons. The lowest BCUT2D eigenvalue weighted by Crippen LogP contribution is -2.37. The summed E-state index contributed by atoms with van der Waals surface area (Å²) in [5, 5.41) is 10.4. The van der Waals surface area contributed by atoms with Gasteiger partial charge in [0.1, 0.15) is 5.75 Å². The highest BCUT2D eigenvalue weighted by Crippen LogP contribution is 2.38. The molecule has 2 unspecified atom stereocenters. The van der Waals surface area contributed by atoms with Crippen LogP contribution in [0.1, 0.15) is 52.9 Å².